The Labute approximate surface area is 198 Å². The summed E-state index contributed by atoms with van der Waals surface area (Å²) in [6, 6.07) is 21.6. The van der Waals surface area contributed by atoms with Crippen LogP contribution >= 0.6 is 11.8 Å². The Hall–Kier alpha value is -3.64. The van der Waals surface area contributed by atoms with Crippen LogP contribution in [0.15, 0.2) is 89.3 Å². The number of hydrogen-bond acceptors (Lipinski definition) is 5. The molecule has 0 N–H and O–H groups in total. The SMILES string of the molecule is C=CCN1C(=O)/C(=C/c2cccc(OCc3ccc(C)cc3)c2)S/C1=N/c1cccc(C)n1. The van der Waals surface area contributed by atoms with E-state index in [0.717, 1.165) is 22.6 Å². The summed E-state index contributed by atoms with van der Waals surface area (Å²) >= 11 is 1.34. The van der Waals surface area contributed by atoms with E-state index >= 15 is 0 Å². The number of nitrogens with zero attached hydrogens (tertiary/aromatic N) is 3. The maximum absolute atomic E-state index is 13.0. The van der Waals surface area contributed by atoms with Crippen molar-refractivity contribution in [3.63, 3.8) is 0 Å². The van der Waals surface area contributed by atoms with Gasteiger partial charge < -0.3 is 4.74 Å². The molecule has 0 atom stereocenters. The zero-order valence-corrected chi connectivity index (χ0v) is 19.5. The molecule has 0 saturated carbocycles. The van der Waals surface area contributed by atoms with Crippen molar-refractivity contribution in [2.24, 2.45) is 4.99 Å². The van der Waals surface area contributed by atoms with Gasteiger partial charge in [-0.2, -0.15) is 0 Å². The predicted molar refractivity (Wildman–Crippen MR) is 135 cm³/mol. The quantitative estimate of drug-likeness (QED) is 0.321. The average molecular weight is 456 g/mol. The smallest absolute Gasteiger partial charge is 0.267 e. The molecular weight excluding hydrogens is 430 g/mol. The van der Waals surface area contributed by atoms with E-state index in [2.05, 4.69) is 47.7 Å². The van der Waals surface area contributed by atoms with Gasteiger partial charge in [0.15, 0.2) is 11.0 Å². The zero-order valence-electron chi connectivity index (χ0n) is 18.7. The first-order valence-corrected chi connectivity index (χ1v) is 11.5. The van der Waals surface area contributed by atoms with Crippen molar-refractivity contribution in [3.8, 4) is 5.75 Å². The molecule has 6 heteroatoms. The number of pyridine rings is 1. The predicted octanol–water partition coefficient (Wildman–Crippen LogP) is 6.07. The van der Waals surface area contributed by atoms with Gasteiger partial charge in [0.1, 0.15) is 12.4 Å². The number of aromatic nitrogens is 1. The number of hydrogen-bond donors (Lipinski definition) is 0. The third kappa shape index (κ3) is 5.79. The Balaban J connectivity index is 1.54. The topological polar surface area (TPSA) is 54.8 Å². The van der Waals surface area contributed by atoms with Gasteiger partial charge in [0, 0.05) is 12.2 Å². The minimum Gasteiger partial charge on any atom is -0.489 e. The van der Waals surface area contributed by atoms with E-state index in [4.69, 9.17) is 4.74 Å². The van der Waals surface area contributed by atoms with E-state index in [9.17, 15) is 4.79 Å². The van der Waals surface area contributed by atoms with Crippen LogP contribution in [-0.2, 0) is 11.4 Å². The summed E-state index contributed by atoms with van der Waals surface area (Å²) in [5.41, 5.74) is 4.09. The summed E-state index contributed by atoms with van der Waals surface area (Å²) in [4.78, 5) is 24.3. The van der Waals surface area contributed by atoms with Crippen LogP contribution in [0.2, 0.25) is 0 Å². The zero-order chi connectivity index (χ0) is 23.2. The Morgan fingerprint density at radius 2 is 1.88 bits per heavy atom. The molecule has 33 heavy (non-hydrogen) atoms. The molecule has 1 saturated heterocycles. The number of carbonyl (C=O) groups excluding carboxylic acids is 1. The lowest BCUT2D eigenvalue weighted by Gasteiger charge is -2.12. The lowest BCUT2D eigenvalue weighted by Crippen LogP contribution is -2.29. The number of thioether (sulfide) groups is 1. The number of aliphatic imine (C=N–C) groups is 1. The highest BCUT2D eigenvalue weighted by atomic mass is 32.2. The number of benzene rings is 2. The molecule has 1 amide bonds. The van der Waals surface area contributed by atoms with E-state index in [1.165, 1.54) is 17.3 Å². The van der Waals surface area contributed by atoms with Crippen molar-refractivity contribution in [1.82, 2.24) is 9.88 Å². The van der Waals surface area contributed by atoms with E-state index < -0.39 is 0 Å². The van der Waals surface area contributed by atoms with Crippen LogP contribution in [0.1, 0.15) is 22.4 Å². The molecule has 0 unspecified atom stereocenters. The van der Waals surface area contributed by atoms with Crippen LogP contribution in [0, 0.1) is 13.8 Å². The summed E-state index contributed by atoms with van der Waals surface area (Å²) in [6.07, 6.45) is 3.56. The van der Waals surface area contributed by atoms with Gasteiger partial charge in [-0.1, -0.05) is 54.1 Å². The Bertz CT molecular complexity index is 1230. The van der Waals surface area contributed by atoms with E-state index in [1.54, 1.807) is 11.0 Å². The third-order valence-electron chi connectivity index (χ3n) is 4.97. The van der Waals surface area contributed by atoms with Crippen LogP contribution in [0.25, 0.3) is 6.08 Å². The van der Waals surface area contributed by atoms with Crippen molar-refractivity contribution in [2.45, 2.75) is 20.5 Å². The Morgan fingerprint density at radius 1 is 1.09 bits per heavy atom. The van der Waals surface area contributed by atoms with Crippen molar-refractivity contribution >= 4 is 34.7 Å². The van der Waals surface area contributed by atoms with Gasteiger partial charge in [0.2, 0.25) is 0 Å². The highest BCUT2D eigenvalue weighted by Gasteiger charge is 2.32. The van der Waals surface area contributed by atoms with Gasteiger partial charge in [-0.3, -0.25) is 9.69 Å². The molecule has 2 aromatic carbocycles. The highest BCUT2D eigenvalue weighted by Crippen LogP contribution is 2.34. The molecule has 3 aromatic rings. The molecule has 2 heterocycles. The first kappa shape index (κ1) is 22.6. The molecule has 0 aliphatic carbocycles. The van der Waals surface area contributed by atoms with Gasteiger partial charge in [-0.25, -0.2) is 9.98 Å². The number of rotatable bonds is 7. The number of amides is 1. The first-order chi connectivity index (χ1) is 16.0. The molecule has 166 valence electrons. The van der Waals surface area contributed by atoms with E-state index in [0.29, 0.717) is 29.0 Å². The second-order valence-corrected chi connectivity index (χ2v) is 8.70. The second-order valence-electron chi connectivity index (χ2n) is 7.69. The molecule has 1 aromatic heterocycles. The average Bonchev–Trinajstić information content (AvgIpc) is 3.08. The molecule has 1 aliphatic rings. The minimum atomic E-state index is -0.0997. The number of amidine groups is 1. The van der Waals surface area contributed by atoms with Crippen molar-refractivity contribution in [2.75, 3.05) is 6.54 Å². The highest BCUT2D eigenvalue weighted by molar-refractivity contribution is 8.18. The second kappa shape index (κ2) is 10.3. The lowest BCUT2D eigenvalue weighted by atomic mass is 10.1. The molecule has 5 nitrogen and oxygen atoms in total. The van der Waals surface area contributed by atoms with Crippen LogP contribution in [-0.4, -0.2) is 27.5 Å². The Kier molecular flexibility index (Phi) is 7.05. The van der Waals surface area contributed by atoms with Crippen LogP contribution in [0.4, 0.5) is 5.82 Å². The summed E-state index contributed by atoms with van der Waals surface area (Å²) < 4.78 is 5.96. The summed E-state index contributed by atoms with van der Waals surface area (Å²) in [5.74, 6) is 1.23. The fourth-order valence-electron chi connectivity index (χ4n) is 3.27. The molecule has 0 bridgehead atoms. The van der Waals surface area contributed by atoms with E-state index in [1.807, 2.05) is 55.5 Å². The Morgan fingerprint density at radius 3 is 2.64 bits per heavy atom. The number of ether oxygens (including phenoxy) is 1. The summed E-state index contributed by atoms with van der Waals surface area (Å²) in [5, 5.41) is 0.594. The molecule has 0 radical (unpaired) electrons. The van der Waals surface area contributed by atoms with Gasteiger partial charge in [0.25, 0.3) is 5.91 Å². The van der Waals surface area contributed by atoms with Gasteiger partial charge in [-0.05, 0) is 67.1 Å². The van der Waals surface area contributed by atoms with Crippen LogP contribution < -0.4 is 4.74 Å². The maximum atomic E-state index is 13.0. The minimum absolute atomic E-state index is 0.0997. The lowest BCUT2D eigenvalue weighted by molar-refractivity contribution is -0.121. The van der Waals surface area contributed by atoms with Crippen molar-refractivity contribution < 1.29 is 9.53 Å². The van der Waals surface area contributed by atoms with Crippen LogP contribution in [0.5, 0.6) is 5.75 Å². The number of aryl methyl sites for hydroxylation is 2. The fourth-order valence-corrected chi connectivity index (χ4v) is 4.26. The van der Waals surface area contributed by atoms with Gasteiger partial charge in [0.05, 0.1) is 4.91 Å². The number of carbonyl (C=O) groups is 1. The first-order valence-electron chi connectivity index (χ1n) is 10.6. The third-order valence-corrected chi connectivity index (χ3v) is 5.97. The van der Waals surface area contributed by atoms with Gasteiger partial charge >= 0.3 is 0 Å². The summed E-state index contributed by atoms with van der Waals surface area (Å²) in [6.45, 7) is 8.62. The maximum Gasteiger partial charge on any atom is 0.267 e. The molecule has 1 aliphatic heterocycles. The monoisotopic (exact) mass is 455 g/mol. The molecule has 1 fully saturated rings. The standard InChI is InChI=1S/C27H25N3O2S/c1-4-15-30-26(31)24(33-27(30)29-25-10-5-7-20(3)28-25)17-22-8-6-9-23(16-22)32-18-21-13-11-19(2)12-14-21/h4-14,16-17H,1,15,18H2,2-3H3/b24-17-,29-27+. The largest absolute Gasteiger partial charge is 0.489 e. The van der Waals surface area contributed by atoms with Gasteiger partial charge in [-0.15, -0.1) is 6.58 Å². The molecule has 4 rings (SSSR count). The van der Waals surface area contributed by atoms with E-state index in [-0.39, 0.29) is 5.91 Å². The van der Waals surface area contributed by atoms with Crippen LogP contribution in [0.3, 0.4) is 0 Å². The van der Waals surface area contributed by atoms with Crippen molar-refractivity contribution in [1.29, 1.82) is 0 Å². The molecule has 0 spiro atoms. The summed E-state index contributed by atoms with van der Waals surface area (Å²) in [7, 11) is 0. The normalized spacial score (nSPS) is 15.9. The molecular formula is C27H25N3O2S. The fraction of sp³-hybridized carbons (Fsp3) is 0.148. The van der Waals surface area contributed by atoms with Crippen molar-refractivity contribution in [3.05, 3.63) is 107 Å².